The zero-order chi connectivity index (χ0) is 9.26. The highest BCUT2D eigenvalue weighted by Crippen LogP contribution is 2.11. The van der Waals surface area contributed by atoms with E-state index in [0.29, 0.717) is 0 Å². The summed E-state index contributed by atoms with van der Waals surface area (Å²) in [5, 5.41) is 2.73. The largest absolute Gasteiger partial charge is 0.325 e. The van der Waals surface area contributed by atoms with Crippen LogP contribution in [-0.2, 0) is 4.79 Å². The van der Waals surface area contributed by atoms with Gasteiger partial charge in [0.2, 0.25) is 5.91 Å². The second-order valence-electron chi connectivity index (χ2n) is 2.94. The molecular formula is C10H10N2O. The second kappa shape index (κ2) is 2.94. The van der Waals surface area contributed by atoms with Crippen LogP contribution in [0.15, 0.2) is 36.7 Å². The Labute approximate surface area is 76.0 Å². The van der Waals surface area contributed by atoms with Crippen LogP contribution in [0, 0.1) is 0 Å². The van der Waals surface area contributed by atoms with Crippen molar-refractivity contribution < 1.29 is 4.79 Å². The number of hydrogen-bond acceptors (Lipinski definition) is 1. The molecule has 13 heavy (non-hydrogen) atoms. The van der Waals surface area contributed by atoms with Crippen LogP contribution >= 0.6 is 0 Å². The summed E-state index contributed by atoms with van der Waals surface area (Å²) < 4.78 is 1.96. The molecule has 2 aromatic heterocycles. The first kappa shape index (κ1) is 7.86. The first-order valence-corrected chi connectivity index (χ1v) is 4.10. The smallest absolute Gasteiger partial charge is 0.221 e. The fourth-order valence-electron chi connectivity index (χ4n) is 1.31. The molecule has 0 aliphatic heterocycles. The van der Waals surface area contributed by atoms with Crippen LogP contribution in [0.5, 0.6) is 0 Å². The topological polar surface area (TPSA) is 33.5 Å². The summed E-state index contributed by atoms with van der Waals surface area (Å²) in [6, 6.07) is 7.83. The molecular weight excluding hydrogens is 164 g/mol. The Morgan fingerprint density at radius 1 is 1.38 bits per heavy atom. The molecule has 0 saturated heterocycles. The van der Waals surface area contributed by atoms with E-state index in [1.54, 1.807) is 0 Å². The number of fused-ring (bicyclic) bond motifs is 1. The van der Waals surface area contributed by atoms with Gasteiger partial charge in [0.05, 0.1) is 5.69 Å². The lowest BCUT2D eigenvalue weighted by atomic mass is 10.3. The molecule has 0 bridgehead atoms. The maximum absolute atomic E-state index is 10.8. The molecule has 0 atom stereocenters. The predicted octanol–water partition coefficient (Wildman–Crippen LogP) is 1.90. The van der Waals surface area contributed by atoms with E-state index in [1.807, 2.05) is 41.1 Å². The lowest BCUT2D eigenvalue weighted by Crippen LogP contribution is -2.06. The first-order valence-electron chi connectivity index (χ1n) is 4.10. The summed E-state index contributed by atoms with van der Waals surface area (Å²) in [7, 11) is 0. The standard InChI is InChI=1S/C10H10N2O/c1-8(13)11-9-4-5-10-3-2-6-12(10)7-9/h2-7H,1H3,(H,11,13). The number of carbonyl (C=O) groups excluding carboxylic acids is 1. The third-order valence-electron chi connectivity index (χ3n) is 1.84. The molecule has 3 nitrogen and oxygen atoms in total. The van der Waals surface area contributed by atoms with Crippen LogP contribution in [0.2, 0.25) is 0 Å². The van der Waals surface area contributed by atoms with Crippen molar-refractivity contribution in [3.63, 3.8) is 0 Å². The predicted molar refractivity (Wildman–Crippen MR) is 51.7 cm³/mol. The molecule has 2 heterocycles. The maximum atomic E-state index is 10.8. The van der Waals surface area contributed by atoms with Crippen molar-refractivity contribution >= 4 is 17.1 Å². The van der Waals surface area contributed by atoms with E-state index in [-0.39, 0.29) is 5.91 Å². The molecule has 66 valence electrons. The monoisotopic (exact) mass is 174 g/mol. The number of aromatic nitrogens is 1. The summed E-state index contributed by atoms with van der Waals surface area (Å²) in [5.41, 5.74) is 1.94. The van der Waals surface area contributed by atoms with Crippen molar-refractivity contribution in [2.24, 2.45) is 0 Å². The van der Waals surface area contributed by atoms with Gasteiger partial charge in [-0.2, -0.15) is 0 Å². The molecule has 0 radical (unpaired) electrons. The zero-order valence-corrected chi connectivity index (χ0v) is 7.32. The number of carbonyl (C=O) groups is 1. The summed E-state index contributed by atoms with van der Waals surface area (Å²) in [6.45, 7) is 1.50. The highest BCUT2D eigenvalue weighted by Gasteiger charge is 1.96. The lowest BCUT2D eigenvalue weighted by molar-refractivity contribution is -0.114. The molecule has 0 aliphatic rings. The zero-order valence-electron chi connectivity index (χ0n) is 7.32. The van der Waals surface area contributed by atoms with Gasteiger partial charge >= 0.3 is 0 Å². The summed E-state index contributed by atoms with van der Waals surface area (Å²) in [5.74, 6) is -0.0495. The van der Waals surface area contributed by atoms with E-state index in [2.05, 4.69) is 5.32 Å². The molecule has 0 aliphatic carbocycles. The number of rotatable bonds is 1. The highest BCUT2D eigenvalue weighted by molar-refractivity contribution is 5.88. The number of anilines is 1. The molecule has 0 spiro atoms. The summed E-state index contributed by atoms with van der Waals surface area (Å²) >= 11 is 0. The molecule has 1 N–H and O–H groups in total. The minimum Gasteiger partial charge on any atom is -0.325 e. The van der Waals surface area contributed by atoms with Crippen LogP contribution in [0.3, 0.4) is 0 Å². The Balaban J connectivity index is 2.42. The van der Waals surface area contributed by atoms with Crippen molar-refractivity contribution in [2.45, 2.75) is 6.92 Å². The minimum atomic E-state index is -0.0495. The van der Waals surface area contributed by atoms with Crippen LogP contribution in [-0.4, -0.2) is 10.3 Å². The third kappa shape index (κ3) is 1.54. The highest BCUT2D eigenvalue weighted by atomic mass is 16.1. The molecule has 0 saturated carbocycles. The average molecular weight is 174 g/mol. The number of nitrogens with zero attached hydrogens (tertiary/aromatic N) is 1. The van der Waals surface area contributed by atoms with Crippen LogP contribution in [0.25, 0.3) is 5.52 Å². The molecule has 0 unspecified atom stereocenters. The normalized spacial score (nSPS) is 10.2. The number of pyridine rings is 1. The fourth-order valence-corrected chi connectivity index (χ4v) is 1.31. The van der Waals surface area contributed by atoms with Gasteiger partial charge in [-0.15, -0.1) is 0 Å². The van der Waals surface area contributed by atoms with Gasteiger partial charge < -0.3 is 9.72 Å². The molecule has 0 fully saturated rings. The molecule has 3 heteroatoms. The van der Waals surface area contributed by atoms with E-state index in [4.69, 9.17) is 0 Å². The van der Waals surface area contributed by atoms with E-state index < -0.39 is 0 Å². The van der Waals surface area contributed by atoms with Gasteiger partial charge in [0.1, 0.15) is 0 Å². The quantitative estimate of drug-likeness (QED) is 0.703. The molecule has 1 amide bonds. The molecule has 0 aromatic carbocycles. The Bertz CT molecular complexity index is 445. The van der Waals surface area contributed by atoms with Crippen molar-refractivity contribution in [1.82, 2.24) is 4.40 Å². The van der Waals surface area contributed by atoms with Gasteiger partial charge in [-0.05, 0) is 24.3 Å². The third-order valence-corrected chi connectivity index (χ3v) is 1.84. The molecule has 2 aromatic rings. The number of hydrogen-bond donors (Lipinski definition) is 1. The number of nitrogens with one attached hydrogen (secondary N) is 1. The van der Waals surface area contributed by atoms with Gasteiger partial charge in [-0.1, -0.05) is 0 Å². The van der Waals surface area contributed by atoms with Gasteiger partial charge in [-0.25, -0.2) is 0 Å². The lowest BCUT2D eigenvalue weighted by Gasteiger charge is -2.02. The van der Waals surface area contributed by atoms with Crippen molar-refractivity contribution in [3.05, 3.63) is 36.7 Å². The Morgan fingerprint density at radius 3 is 3.00 bits per heavy atom. The Kier molecular flexibility index (Phi) is 1.77. The van der Waals surface area contributed by atoms with E-state index in [1.165, 1.54) is 6.92 Å². The summed E-state index contributed by atoms with van der Waals surface area (Å²) in [6.07, 6.45) is 3.83. The summed E-state index contributed by atoms with van der Waals surface area (Å²) in [4.78, 5) is 10.8. The average Bonchev–Trinajstić information content (AvgIpc) is 2.49. The van der Waals surface area contributed by atoms with Crippen LogP contribution in [0.1, 0.15) is 6.92 Å². The second-order valence-corrected chi connectivity index (χ2v) is 2.94. The van der Waals surface area contributed by atoms with Crippen LogP contribution < -0.4 is 5.32 Å². The van der Waals surface area contributed by atoms with E-state index >= 15 is 0 Å². The van der Waals surface area contributed by atoms with E-state index in [0.717, 1.165) is 11.2 Å². The van der Waals surface area contributed by atoms with Gasteiger partial charge in [0.25, 0.3) is 0 Å². The Morgan fingerprint density at radius 2 is 2.23 bits per heavy atom. The van der Waals surface area contributed by atoms with Crippen molar-refractivity contribution in [3.8, 4) is 0 Å². The molecule has 2 rings (SSSR count). The van der Waals surface area contributed by atoms with Gasteiger partial charge in [-0.3, -0.25) is 4.79 Å². The van der Waals surface area contributed by atoms with Gasteiger partial charge in [0.15, 0.2) is 0 Å². The fraction of sp³-hybridized carbons (Fsp3) is 0.100. The Hall–Kier alpha value is -1.77. The first-order chi connectivity index (χ1) is 6.25. The van der Waals surface area contributed by atoms with E-state index in [9.17, 15) is 4.79 Å². The van der Waals surface area contributed by atoms with Gasteiger partial charge in [0, 0.05) is 24.8 Å². The van der Waals surface area contributed by atoms with Crippen LogP contribution in [0.4, 0.5) is 5.69 Å². The number of amides is 1. The minimum absolute atomic E-state index is 0.0495. The SMILES string of the molecule is CC(=O)Nc1ccc2cccn2c1. The maximum Gasteiger partial charge on any atom is 0.221 e. The van der Waals surface area contributed by atoms with Crippen molar-refractivity contribution in [2.75, 3.05) is 5.32 Å². The van der Waals surface area contributed by atoms with Crippen molar-refractivity contribution in [1.29, 1.82) is 0 Å².